The van der Waals surface area contributed by atoms with Gasteiger partial charge in [-0.3, -0.25) is 0 Å². The Labute approximate surface area is 101 Å². The Morgan fingerprint density at radius 1 is 1.35 bits per heavy atom. The maximum atomic E-state index is 4.64. The fraction of sp³-hybridized carbons (Fsp3) is 0.538. The second-order valence-electron chi connectivity index (χ2n) is 5.08. The first-order chi connectivity index (χ1) is 8.22. The summed E-state index contributed by atoms with van der Waals surface area (Å²) in [5, 5.41) is 4.61. The van der Waals surface area contributed by atoms with Gasteiger partial charge in [0, 0.05) is 18.7 Å². The van der Waals surface area contributed by atoms with E-state index >= 15 is 0 Å². The highest BCUT2D eigenvalue weighted by Gasteiger charge is 2.22. The topological polar surface area (TPSA) is 33.4 Å². The SMILES string of the molecule is Cc1ccc2nc(C3CCCN(C)C3)nn2c1. The Hall–Kier alpha value is -1.42. The zero-order valence-electron chi connectivity index (χ0n) is 10.4. The lowest BCUT2D eigenvalue weighted by Gasteiger charge is -2.27. The zero-order valence-corrected chi connectivity index (χ0v) is 10.4. The molecule has 0 saturated carbocycles. The number of nitrogens with zero attached hydrogens (tertiary/aromatic N) is 4. The van der Waals surface area contributed by atoms with E-state index in [4.69, 9.17) is 0 Å². The predicted molar refractivity (Wildman–Crippen MR) is 67.2 cm³/mol. The molecule has 2 aromatic heterocycles. The van der Waals surface area contributed by atoms with Crippen LogP contribution in [0.3, 0.4) is 0 Å². The molecule has 1 unspecified atom stereocenters. The summed E-state index contributed by atoms with van der Waals surface area (Å²) >= 11 is 0. The van der Waals surface area contributed by atoms with Crippen molar-refractivity contribution in [2.75, 3.05) is 20.1 Å². The van der Waals surface area contributed by atoms with Crippen LogP contribution in [0.4, 0.5) is 0 Å². The third-order valence-corrected chi connectivity index (χ3v) is 3.48. The third-order valence-electron chi connectivity index (χ3n) is 3.48. The summed E-state index contributed by atoms with van der Waals surface area (Å²) in [5.41, 5.74) is 2.17. The van der Waals surface area contributed by atoms with Crippen LogP contribution in [0.5, 0.6) is 0 Å². The van der Waals surface area contributed by atoms with Crippen molar-refractivity contribution in [3.63, 3.8) is 0 Å². The second-order valence-corrected chi connectivity index (χ2v) is 5.08. The van der Waals surface area contributed by atoms with Gasteiger partial charge in [0.15, 0.2) is 11.5 Å². The van der Waals surface area contributed by atoms with Crippen LogP contribution in [0, 0.1) is 6.92 Å². The molecular formula is C13H18N4. The van der Waals surface area contributed by atoms with Gasteiger partial charge in [-0.05, 0) is 45.0 Å². The summed E-state index contributed by atoms with van der Waals surface area (Å²) in [5.74, 6) is 1.50. The Kier molecular flexibility index (Phi) is 2.59. The molecule has 0 aliphatic carbocycles. The molecule has 1 fully saturated rings. The third kappa shape index (κ3) is 2.05. The maximum Gasteiger partial charge on any atom is 0.156 e. The summed E-state index contributed by atoms with van der Waals surface area (Å²) in [6.45, 7) is 4.36. The molecule has 4 nitrogen and oxygen atoms in total. The van der Waals surface area contributed by atoms with Crippen molar-refractivity contribution in [1.29, 1.82) is 0 Å². The molecule has 0 radical (unpaired) electrons. The molecule has 0 aromatic carbocycles. The van der Waals surface area contributed by atoms with Crippen molar-refractivity contribution in [3.8, 4) is 0 Å². The molecule has 1 aliphatic heterocycles. The Balaban J connectivity index is 1.94. The average molecular weight is 230 g/mol. The molecule has 0 N–H and O–H groups in total. The van der Waals surface area contributed by atoms with Gasteiger partial charge in [0.05, 0.1) is 0 Å². The maximum absolute atomic E-state index is 4.64. The predicted octanol–water partition coefficient (Wildman–Crippen LogP) is 1.85. The Morgan fingerprint density at radius 2 is 2.24 bits per heavy atom. The number of aryl methyl sites for hydroxylation is 1. The molecular weight excluding hydrogens is 212 g/mol. The van der Waals surface area contributed by atoms with Crippen LogP contribution >= 0.6 is 0 Å². The minimum Gasteiger partial charge on any atom is -0.306 e. The van der Waals surface area contributed by atoms with E-state index in [1.54, 1.807) is 0 Å². The van der Waals surface area contributed by atoms with E-state index in [0.717, 1.165) is 18.0 Å². The van der Waals surface area contributed by atoms with Crippen molar-refractivity contribution in [2.24, 2.45) is 0 Å². The highest BCUT2D eigenvalue weighted by atomic mass is 15.3. The molecule has 0 spiro atoms. The first kappa shape index (κ1) is 10.7. The van der Waals surface area contributed by atoms with E-state index in [9.17, 15) is 0 Å². The van der Waals surface area contributed by atoms with Gasteiger partial charge in [0.2, 0.25) is 0 Å². The smallest absolute Gasteiger partial charge is 0.156 e. The highest BCUT2D eigenvalue weighted by Crippen LogP contribution is 2.24. The Morgan fingerprint density at radius 3 is 3.06 bits per heavy atom. The molecule has 2 aromatic rings. The van der Waals surface area contributed by atoms with Gasteiger partial charge in [0.1, 0.15) is 0 Å². The van der Waals surface area contributed by atoms with Gasteiger partial charge < -0.3 is 4.90 Å². The molecule has 0 amide bonds. The lowest BCUT2D eigenvalue weighted by molar-refractivity contribution is 0.246. The average Bonchev–Trinajstić information content (AvgIpc) is 2.72. The zero-order chi connectivity index (χ0) is 11.8. The molecule has 1 atom stereocenters. The highest BCUT2D eigenvalue weighted by molar-refractivity contribution is 5.38. The molecule has 4 heteroatoms. The fourth-order valence-electron chi connectivity index (χ4n) is 2.55. The normalized spacial score (nSPS) is 22.1. The molecule has 90 valence electrons. The number of likely N-dealkylation sites (tertiary alicyclic amines) is 1. The molecule has 0 bridgehead atoms. The first-order valence-corrected chi connectivity index (χ1v) is 6.24. The standard InChI is InChI=1S/C13H18N4/c1-10-5-6-12-14-13(15-17(12)8-10)11-4-3-7-16(2)9-11/h5-6,8,11H,3-4,7,9H2,1-2H3. The van der Waals surface area contributed by atoms with Gasteiger partial charge in [-0.25, -0.2) is 9.50 Å². The number of hydrogen-bond donors (Lipinski definition) is 0. The largest absolute Gasteiger partial charge is 0.306 e. The minimum atomic E-state index is 0.494. The van der Waals surface area contributed by atoms with Gasteiger partial charge in [-0.15, -0.1) is 0 Å². The summed E-state index contributed by atoms with van der Waals surface area (Å²) < 4.78 is 1.90. The summed E-state index contributed by atoms with van der Waals surface area (Å²) in [6.07, 6.45) is 4.49. The first-order valence-electron chi connectivity index (χ1n) is 6.24. The monoisotopic (exact) mass is 230 g/mol. The van der Waals surface area contributed by atoms with Crippen molar-refractivity contribution >= 4 is 5.65 Å². The van der Waals surface area contributed by atoms with Gasteiger partial charge in [-0.2, -0.15) is 5.10 Å². The molecule has 1 saturated heterocycles. The summed E-state index contributed by atoms with van der Waals surface area (Å²) in [7, 11) is 2.17. The van der Waals surface area contributed by atoms with E-state index in [1.165, 1.54) is 24.9 Å². The number of aromatic nitrogens is 3. The van der Waals surface area contributed by atoms with E-state index in [-0.39, 0.29) is 0 Å². The van der Waals surface area contributed by atoms with Crippen LogP contribution in [0.1, 0.15) is 30.1 Å². The quantitative estimate of drug-likeness (QED) is 0.749. The van der Waals surface area contributed by atoms with Crippen molar-refractivity contribution in [2.45, 2.75) is 25.7 Å². The summed E-state index contributed by atoms with van der Waals surface area (Å²) in [6, 6.07) is 4.12. The number of pyridine rings is 1. The van der Waals surface area contributed by atoms with Gasteiger partial charge in [-0.1, -0.05) is 6.07 Å². The van der Waals surface area contributed by atoms with E-state index in [2.05, 4.69) is 35.0 Å². The number of rotatable bonds is 1. The molecule has 3 rings (SSSR count). The van der Waals surface area contributed by atoms with Crippen molar-refractivity contribution in [1.82, 2.24) is 19.5 Å². The number of piperidine rings is 1. The number of likely N-dealkylation sites (N-methyl/N-ethyl adjacent to an activating group) is 1. The lowest BCUT2D eigenvalue weighted by atomic mass is 9.98. The molecule has 1 aliphatic rings. The van der Waals surface area contributed by atoms with Crippen LogP contribution in [0.15, 0.2) is 18.3 Å². The van der Waals surface area contributed by atoms with Crippen molar-refractivity contribution < 1.29 is 0 Å². The van der Waals surface area contributed by atoms with Crippen LogP contribution in [0.2, 0.25) is 0 Å². The number of hydrogen-bond acceptors (Lipinski definition) is 3. The summed E-state index contributed by atoms with van der Waals surface area (Å²) in [4.78, 5) is 7.00. The fourth-order valence-corrected chi connectivity index (χ4v) is 2.55. The van der Waals surface area contributed by atoms with Crippen LogP contribution in [0.25, 0.3) is 5.65 Å². The van der Waals surface area contributed by atoms with E-state index in [0.29, 0.717) is 5.92 Å². The molecule has 3 heterocycles. The van der Waals surface area contributed by atoms with Crippen molar-refractivity contribution in [3.05, 3.63) is 29.7 Å². The van der Waals surface area contributed by atoms with Crippen LogP contribution in [-0.2, 0) is 0 Å². The van der Waals surface area contributed by atoms with Gasteiger partial charge in [0.25, 0.3) is 0 Å². The van der Waals surface area contributed by atoms with E-state index < -0.39 is 0 Å². The molecule has 17 heavy (non-hydrogen) atoms. The Bertz CT molecular complexity index is 531. The minimum absolute atomic E-state index is 0.494. The number of fused-ring (bicyclic) bond motifs is 1. The van der Waals surface area contributed by atoms with Gasteiger partial charge >= 0.3 is 0 Å². The second kappa shape index (κ2) is 4.11. The van der Waals surface area contributed by atoms with E-state index in [1.807, 2.05) is 16.8 Å². The van der Waals surface area contributed by atoms with Crippen LogP contribution < -0.4 is 0 Å². The lowest BCUT2D eigenvalue weighted by Crippen LogP contribution is -2.31. The van der Waals surface area contributed by atoms with Crippen LogP contribution in [-0.4, -0.2) is 39.6 Å².